The van der Waals surface area contributed by atoms with E-state index < -0.39 is 5.91 Å². The molecule has 0 atom stereocenters. The lowest BCUT2D eigenvalue weighted by Gasteiger charge is -1.91. The summed E-state index contributed by atoms with van der Waals surface area (Å²) in [6.07, 6.45) is 3.00. The highest BCUT2D eigenvalue weighted by atomic mass is 16.1. The Labute approximate surface area is 73.2 Å². The van der Waals surface area contributed by atoms with E-state index in [4.69, 9.17) is 11.5 Å². The molecule has 6 heteroatoms. The first-order chi connectivity index (χ1) is 6.20. The lowest BCUT2D eigenvalue weighted by molar-refractivity contribution is 0.100. The summed E-state index contributed by atoms with van der Waals surface area (Å²) in [5.41, 5.74) is 11.4. The summed E-state index contributed by atoms with van der Waals surface area (Å²) in [5.74, 6) is -0.459. The number of anilines is 1. The van der Waals surface area contributed by atoms with Crippen LogP contribution in [0, 0.1) is 0 Å². The summed E-state index contributed by atoms with van der Waals surface area (Å²) in [6.45, 7) is 0. The number of nitrogen functional groups attached to an aromatic ring is 1. The van der Waals surface area contributed by atoms with Gasteiger partial charge in [0.25, 0.3) is 5.91 Å². The lowest BCUT2D eigenvalue weighted by atomic mass is 10.2. The fraction of sp³-hybridized carbons (Fsp3) is 0. The molecule has 2 aromatic heterocycles. The van der Waals surface area contributed by atoms with Crippen molar-refractivity contribution in [3.63, 3.8) is 0 Å². The Balaban J connectivity index is 2.86. The predicted molar refractivity (Wildman–Crippen MR) is 45.9 cm³/mol. The van der Waals surface area contributed by atoms with Gasteiger partial charge in [0.2, 0.25) is 0 Å². The van der Waals surface area contributed by atoms with E-state index in [0.717, 1.165) is 0 Å². The van der Waals surface area contributed by atoms with Crippen molar-refractivity contribution in [2.75, 3.05) is 5.73 Å². The molecule has 13 heavy (non-hydrogen) atoms. The predicted octanol–water partition coefficient (Wildman–Crippen LogP) is -0.590. The lowest BCUT2D eigenvalue weighted by Crippen LogP contribution is -2.12. The highest BCUT2D eigenvalue weighted by Crippen LogP contribution is 2.15. The van der Waals surface area contributed by atoms with Crippen LogP contribution in [0.3, 0.4) is 0 Å². The molecule has 0 aromatic carbocycles. The van der Waals surface area contributed by atoms with E-state index in [0.29, 0.717) is 5.52 Å². The van der Waals surface area contributed by atoms with E-state index in [1.165, 1.54) is 10.8 Å². The summed E-state index contributed by atoms with van der Waals surface area (Å²) in [6, 6.07) is 1.63. The number of carbonyl (C=O) groups excluding carboxylic acids is 1. The monoisotopic (exact) mass is 177 g/mol. The minimum Gasteiger partial charge on any atom is -0.382 e. The van der Waals surface area contributed by atoms with E-state index >= 15 is 0 Å². The standard InChI is InChI=1S/C7H7N5O/c8-6-5(7(9)13)4-1-2-10-3-12(4)11-6/h1-3H,(H2,8,11)(H2,9,13). The van der Waals surface area contributed by atoms with Gasteiger partial charge in [-0.3, -0.25) is 4.79 Å². The Kier molecular flexibility index (Phi) is 1.42. The van der Waals surface area contributed by atoms with Crippen molar-refractivity contribution in [1.29, 1.82) is 0 Å². The number of amides is 1. The van der Waals surface area contributed by atoms with Crippen LogP contribution in [0.2, 0.25) is 0 Å². The molecule has 0 saturated heterocycles. The Bertz CT molecular complexity index is 475. The van der Waals surface area contributed by atoms with E-state index in [2.05, 4.69) is 10.1 Å². The normalized spacial score (nSPS) is 10.5. The second kappa shape index (κ2) is 2.44. The number of aromatic nitrogens is 3. The molecular formula is C7H7N5O. The molecule has 0 aliphatic rings. The highest BCUT2D eigenvalue weighted by molar-refractivity contribution is 6.04. The summed E-state index contributed by atoms with van der Waals surface area (Å²) in [7, 11) is 0. The number of hydrogen-bond acceptors (Lipinski definition) is 4. The Morgan fingerprint density at radius 1 is 1.54 bits per heavy atom. The van der Waals surface area contributed by atoms with Crippen LogP contribution in [-0.4, -0.2) is 20.5 Å². The summed E-state index contributed by atoms with van der Waals surface area (Å²) < 4.78 is 1.41. The minimum absolute atomic E-state index is 0.125. The van der Waals surface area contributed by atoms with Gasteiger partial charge in [0.1, 0.15) is 11.9 Å². The van der Waals surface area contributed by atoms with Crippen molar-refractivity contribution in [3.8, 4) is 0 Å². The molecule has 0 radical (unpaired) electrons. The highest BCUT2D eigenvalue weighted by Gasteiger charge is 2.14. The van der Waals surface area contributed by atoms with Crippen LogP contribution >= 0.6 is 0 Å². The molecule has 0 spiro atoms. The average molecular weight is 177 g/mol. The molecule has 1 amide bonds. The number of primary amides is 1. The maximum Gasteiger partial charge on any atom is 0.254 e. The third-order valence-electron chi connectivity index (χ3n) is 1.72. The van der Waals surface area contributed by atoms with E-state index in [1.54, 1.807) is 12.3 Å². The number of hydrogen-bond donors (Lipinski definition) is 2. The summed E-state index contributed by atoms with van der Waals surface area (Å²) in [4.78, 5) is 14.8. The first kappa shape index (κ1) is 7.53. The molecule has 2 heterocycles. The number of nitrogens with two attached hydrogens (primary N) is 2. The van der Waals surface area contributed by atoms with Gasteiger partial charge in [-0.1, -0.05) is 0 Å². The second-order valence-electron chi connectivity index (χ2n) is 2.53. The minimum atomic E-state index is -0.585. The van der Waals surface area contributed by atoms with Crippen LogP contribution in [-0.2, 0) is 0 Å². The van der Waals surface area contributed by atoms with Crippen molar-refractivity contribution < 1.29 is 4.79 Å². The van der Waals surface area contributed by atoms with Crippen LogP contribution < -0.4 is 11.5 Å². The van der Waals surface area contributed by atoms with Gasteiger partial charge in [-0.2, -0.15) is 0 Å². The topological polar surface area (TPSA) is 99.3 Å². The van der Waals surface area contributed by atoms with Crippen molar-refractivity contribution in [2.45, 2.75) is 0 Å². The van der Waals surface area contributed by atoms with Gasteiger partial charge in [0, 0.05) is 6.20 Å². The van der Waals surface area contributed by atoms with Crippen LogP contribution in [0.1, 0.15) is 10.4 Å². The molecule has 0 aliphatic heterocycles. The summed E-state index contributed by atoms with van der Waals surface area (Å²) in [5, 5.41) is 3.87. The Hall–Kier alpha value is -2.11. The largest absolute Gasteiger partial charge is 0.382 e. The van der Waals surface area contributed by atoms with Crippen LogP contribution in [0.5, 0.6) is 0 Å². The van der Waals surface area contributed by atoms with Crippen LogP contribution in [0.4, 0.5) is 5.82 Å². The third-order valence-corrected chi connectivity index (χ3v) is 1.72. The van der Waals surface area contributed by atoms with Crippen LogP contribution in [0.25, 0.3) is 5.52 Å². The zero-order chi connectivity index (χ0) is 9.42. The summed E-state index contributed by atoms with van der Waals surface area (Å²) >= 11 is 0. The number of nitrogens with zero attached hydrogens (tertiary/aromatic N) is 3. The zero-order valence-electron chi connectivity index (χ0n) is 6.64. The SMILES string of the molecule is NC(=O)c1c(N)nn2cnccc12. The van der Waals surface area contributed by atoms with Gasteiger partial charge in [-0.25, -0.2) is 9.50 Å². The van der Waals surface area contributed by atoms with E-state index in [-0.39, 0.29) is 11.4 Å². The van der Waals surface area contributed by atoms with E-state index in [9.17, 15) is 4.79 Å². The molecule has 0 unspecified atom stereocenters. The number of rotatable bonds is 1. The fourth-order valence-corrected chi connectivity index (χ4v) is 1.18. The van der Waals surface area contributed by atoms with Crippen molar-refractivity contribution in [1.82, 2.24) is 14.6 Å². The second-order valence-corrected chi connectivity index (χ2v) is 2.53. The molecule has 2 rings (SSSR count). The van der Waals surface area contributed by atoms with Crippen molar-refractivity contribution in [2.24, 2.45) is 5.73 Å². The first-order valence-electron chi connectivity index (χ1n) is 3.58. The Morgan fingerprint density at radius 2 is 2.31 bits per heavy atom. The first-order valence-corrected chi connectivity index (χ1v) is 3.58. The van der Waals surface area contributed by atoms with Crippen molar-refractivity contribution in [3.05, 3.63) is 24.2 Å². The molecule has 0 fully saturated rings. The third kappa shape index (κ3) is 0.994. The maximum absolute atomic E-state index is 11.0. The number of carbonyl (C=O) groups is 1. The molecule has 6 nitrogen and oxygen atoms in total. The molecule has 0 saturated carbocycles. The van der Waals surface area contributed by atoms with Gasteiger partial charge in [0.15, 0.2) is 5.82 Å². The van der Waals surface area contributed by atoms with Gasteiger partial charge in [0.05, 0.1) is 5.52 Å². The smallest absolute Gasteiger partial charge is 0.254 e. The quantitative estimate of drug-likeness (QED) is 0.608. The van der Waals surface area contributed by atoms with Crippen LogP contribution in [0.15, 0.2) is 18.6 Å². The molecule has 4 N–H and O–H groups in total. The molecular weight excluding hydrogens is 170 g/mol. The average Bonchev–Trinajstić information content (AvgIpc) is 2.39. The molecule has 0 aliphatic carbocycles. The van der Waals surface area contributed by atoms with E-state index in [1.807, 2.05) is 0 Å². The van der Waals surface area contributed by atoms with Gasteiger partial charge in [-0.05, 0) is 6.07 Å². The zero-order valence-corrected chi connectivity index (χ0v) is 6.64. The maximum atomic E-state index is 11.0. The number of fused-ring (bicyclic) bond motifs is 1. The molecule has 0 bridgehead atoms. The van der Waals surface area contributed by atoms with Crippen molar-refractivity contribution >= 4 is 17.2 Å². The van der Waals surface area contributed by atoms with Gasteiger partial charge in [-0.15, -0.1) is 5.10 Å². The van der Waals surface area contributed by atoms with Gasteiger partial charge < -0.3 is 11.5 Å². The fourth-order valence-electron chi connectivity index (χ4n) is 1.18. The van der Waals surface area contributed by atoms with Gasteiger partial charge >= 0.3 is 0 Å². The Morgan fingerprint density at radius 3 is 3.00 bits per heavy atom. The molecule has 2 aromatic rings. The molecule has 66 valence electrons.